The average molecular weight is 252 g/mol. The molecule has 0 aromatic carbocycles. The molecule has 1 N–H and O–H groups in total. The van der Waals surface area contributed by atoms with Gasteiger partial charge >= 0.3 is 0 Å². The molecule has 0 bridgehead atoms. The van der Waals surface area contributed by atoms with E-state index in [2.05, 4.69) is 24.2 Å². The van der Waals surface area contributed by atoms with E-state index in [1.807, 2.05) is 0 Å². The summed E-state index contributed by atoms with van der Waals surface area (Å²) in [5.41, 5.74) is 0.572. The molecule has 0 aromatic rings. The van der Waals surface area contributed by atoms with Crippen molar-refractivity contribution in [3.8, 4) is 0 Å². The highest BCUT2D eigenvalue weighted by Crippen LogP contribution is 2.36. The molecule has 0 amide bonds. The fourth-order valence-electron chi connectivity index (χ4n) is 3.55. The van der Waals surface area contributed by atoms with Crippen LogP contribution in [0, 0.1) is 5.41 Å². The van der Waals surface area contributed by atoms with Crippen LogP contribution in [0.2, 0.25) is 0 Å². The zero-order valence-corrected chi connectivity index (χ0v) is 12.5. The first-order chi connectivity index (χ1) is 8.74. The maximum atomic E-state index is 3.82. The van der Waals surface area contributed by atoms with Crippen LogP contribution in [0.1, 0.15) is 64.7 Å². The summed E-state index contributed by atoms with van der Waals surface area (Å²) >= 11 is 0. The lowest BCUT2D eigenvalue weighted by Gasteiger charge is -2.37. The molecule has 0 atom stereocenters. The van der Waals surface area contributed by atoms with E-state index >= 15 is 0 Å². The maximum absolute atomic E-state index is 3.82. The van der Waals surface area contributed by atoms with Gasteiger partial charge in [-0.2, -0.15) is 0 Å². The van der Waals surface area contributed by atoms with Gasteiger partial charge in [0.1, 0.15) is 0 Å². The van der Waals surface area contributed by atoms with E-state index in [0.29, 0.717) is 5.41 Å². The van der Waals surface area contributed by atoms with Crippen molar-refractivity contribution in [2.75, 3.05) is 26.7 Å². The van der Waals surface area contributed by atoms with Crippen molar-refractivity contribution in [1.82, 2.24) is 10.2 Å². The van der Waals surface area contributed by atoms with Gasteiger partial charge in [-0.25, -0.2) is 0 Å². The summed E-state index contributed by atoms with van der Waals surface area (Å²) in [6.07, 6.45) is 12.8. The molecule has 0 heterocycles. The predicted octanol–water partition coefficient (Wildman–Crippen LogP) is 3.42. The van der Waals surface area contributed by atoms with Crippen LogP contribution in [-0.4, -0.2) is 37.6 Å². The fourth-order valence-corrected chi connectivity index (χ4v) is 3.55. The molecule has 2 nitrogen and oxygen atoms in total. The second-order valence-corrected chi connectivity index (χ2v) is 6.81. The minimum Gasteiger partial charge on any atom is -0.313 e. The van der Waals surface area contributed by atoms with Crippen LogP contribution in [0.5, 0.6) is 0 Å². The third-order valence-electron chi connectivity index (χ3n) is 4.72. The predicted molar refractivity (Wildman–Crippen MR) is 78.9 cm³/mol. The molecule has 18 heavy (non-hydrogen) atoms. The Bertz CT molecular complexity index is 227. The molecule has 2 saturated carbocycles. The molecule has 2 fully saturated rings. The third kappa shape index (κ3) is 4.55. The van der Waals surface area contributed by atoms with Crippen LogP contribution >= 0.6 is 0 Å². The van der Waals surface area contributed by atoms with Crippen LogP contribution < -0.4 is 5.32 Å². The molecular weight excluding hydrogens is 220 g/mol. The minimum absolute atomic E-state index is 0.572. The summed E-state index contributed by atoms with van der Waals surface area (Å²) in [7, 11) is 2.31. The van der Waals surface area contributed by atoms with Crippen molar-refractivity contribution in [1.29, 1.82) is 0 Å². The molecule has 0 aliphatic heterocycles. The number of nitrogens with zero attached hydrogens (tertiary/aromatic N) is 1. The Morgan fingerprint density at radius 2 is 1.78 bits per heavy atom. The fraction of sp³-hybridized carbons (Fsp3) is 1.00. The summed E-state index contributed by atoms with van der Waals surface area (Å²) in [5, 5.41) is 3.82. The third-order valence-corrected chi connectivity index (χ3v) is 4.72. The topological polar surface area (TPSA) is 15.3 Å². The highest BCUT2D eigenvalue weighted by atomic mass is 15.1. The van der Waals surface area contributed by atoms with E-state index in [-0.39, 0.29) is 0 Å². The van der Waals surface area contributed by atoms with Gasteiger partial charge in [0.05, 0.1) is 0 Å². The molecule has 2 rings (SSSR count). The van der Waals surface area contributed by atoms with Crippen molar-refractivity contribution in [3.63, 3.8) is 0 Å². The van der Waals surface area contributed by atoms with Crippen LogP contribution in [0.15, 0.2) is 0 Å². The SMILES string of the molecule is CCCN(C)CC1(CNC2CC2)CCCCCC1. The highest BCUT2D eigenvalue weighted by Gasteiger charge is 2.33. The van der Waals surface area contributed by atoms with Crippen LogP contribution in [-0.2, 0) is 0 Å². The summed E-state index contributed by atoms with van der Waals surface area (Å²) in [6.45, 7) is 6.12. The minimum atomic E-state index is 0.572. The van der Waals surface area contributed by atoms with E-state index in [0.717, 1.165) is 6.04 Å². The standard InChI is InChI=1S/C16H32N2/c1-3-12-18(2)14-16(13-17-15-8-9-15)10-6-4-5-7-11-16/h15,17H,3-14H2,1-2H3. The molecule has 2 aliphatic rings. The average Bonchev–Trinajstić information content (AvgIpc) is 3.14. The van der Waals surface area contributed by atoms with Crippen molar-refractivity contribution in [3.05, 3.63) is 0 Å². The molecule has 2 aliphatic carbocycles. The van der Waals surface area contributed by atoms with Gasteiger partial charge in [-0.3, -0.25) is 0 Å². The van der Waals surface area contributed by atoms with Crippen molar-refractivity contribution < 1.29 is 0 Å². The molecule has 0 spiro atoms. The Balaban J connectivity index is 1.89. The highest BCUT2D eigenvalue weighted by molar-refractivity contribution is 4.90. The van der Waals surface area contributed by atoms with E-state index in [9.17, 15) is 0 Å². The Morgan fingerprint density at radius 3 is 2.33 bits per heavy atom. The van der Waals surface area contributed by atoms with Gasteiger partial charge in [0.25, 0.3) is 0 Å². The number of rotatable bonds is 7. The zero-order valence-electron chi connectivity index (χ0n) is 12.5. The zero-order chi connectivity index (χ0) is 12.8. The van der Waals surface area contributed by atoms with Gasteiger partial charge in [0.15, 0.2) is 0 Å². The van der Waals surface area contributed by atoms with Crippen LogP contribution in [0.25, 0.3) is 0 Å². The number of nitrogens with one attached hydrogen (secondary N) is 1. The smallest absolute Gasteiger partial charge is 0.00684 e. The Kier molecular flexibility index (Phi) is 5.50. The Labute approximate surface area is 114 Å². The summed E-state index contributed by atoms with van der Waals surface area (Å²) in [4.78, 5) is 2.57. The lowest BCUT2D eigenvalue weighted by molar-refractivity contribution is 0.145. The molecule has 0 radical (unpaired) electrons. The summed E-state index contributed by atoms with van der Waals surface area (Å²) in [5.74, 6) is 0. The first kappa shape index (κ1) is 14.3. The van der Waals surface area contributed by atoms with Gasteiger partial charge in [-0.15, -0.1) is 0 Å². The summed E-state index contributed by atoms with van der Waals surface area (Å²) in [6, 6.07) is 0.863. The van der Waals surface area contributed by atoms with Crippen LogP contribution in [0.3, 0.4) is 0 Å². The monoisotopic (exact) mass is 252 g/mol. The van der Waals surface area contributed by atoms with E-state index in [4.69, 9.17) is 0 Å². The van der Waals surface area contributed by atoms with Crippen molar-refractivity contribution in [2.24, 2.45) is 5.41 Å². The normalized spacial score (nSPS) is 24.2. The van der Waals surface area contributed by atoms with Gasteiger partial charge in [0.2, 0.25) is 0 Å². The van der Waals surface area contributed by atoms with E-state index in [1.165, 1.54) is 77.4 Å². The summed E-state index contributed by atoms with van der Waals surface area (Å²) < 4.78 is 0. The van der Waals surface area contributed by atoms with Crippen LogP contribution in [0.4, 0.5) is 0 Å². The second-order valence-electron chi connectivity index (χ2n) is 6.81. The lowest BCUT2D eigenvalue weighted by atomic mass is 9.79. The van der Waals surface area contributed by atoms with Gasteiger partial charge in [0, 0.05) is 19.1 Å². The quantitative estimate of drug-likeness (QED) is 0.698. The molecule has 0 unspecified atom stereocenters. The van der Waals surface area contributed by atoms with E-state index in [1.54, 1.807) is 0 Å². The number of hydrogen-bond acceptors (Lipinski definition) is 2. The molecular formula is C16H32N2. The van der Waals surface area contributed by atoms with Crippen molar-refractivity contribution >= 4 is 0 Å². The van der Waals surface area contributed by atoms with Gasteiger partial charge in [-0.05, 0) is 51.1 Å². The van der Waals surface area contributed by atoms with Gasteiger partial charge in [-0.1, -0.05) is 32.6 Å². The molecule has 106 valence electrons. The molecule has 2 heteroatoms. The largest absolute Gasteiger partial charge is 0.313 e. The second kappa shape index (κ2) is 6.91. The first-order valence-electron chi connectivity index (χ1n) is 8.16. The van der Waals surface area contributed by atoms with Gasteiger partial charge < -0.3 is 10.2 Å². The molecule has 0 saturated heterocycles. The van der Waals surface area contributed by atoms with E-state index < -0.39 is 0 Å². The van der Waals surface area contributed by atoms with Crippen molar-refractivity contribution in [2.45, 2.75) is 70.8 Å². The maximum Gasteiger partial charge on any atom is 0.00684 e. The number of hydrogen-bond donors (Lipinski definition) is 1. The molecule has 0 aromatic heterocycles. The Hall–Kier alpha value is -0.0800. The lowest BCUT2D eigenvalue weighted by Crippen LogP contribution is -2.43. The Morgan fingerprint density at radius 1 is 1.11 bits per heavy atom. The first-order valence-corrected chi connectivity index (χ1v) is 8.16.